The standard InChI is InChI=1S/C13H17ClN2O2/c1-9-8-16(6-5-15-9)13(17)10-3-4-11(14)12(7-10)18-2/h3-4,7,9,15H,5-6,8H2,1-2H3/t9-/m1/s1. The second-order valence-corrected chi connectivity index (χ2v) is 4.86. The lowest BCUT2D eigenvalue weighted by Crippen LogP contribution is -2.51. The lowest BCUT2D eigenvalue weighted by atomic mass is 10.1. The number of carbonyl (C=O) groups excluding carboxylic acids is 1. The first-order chi connectivity index (χ1) is 8.61. The van der Waals surface area contributed by atoms with Gasteiger partial charge < -0.3 is 15.0 Å². The van der Waals surface area contributed by atoms with Crippen LogP contribution in [0.5, 0.6) is 5.75 Å². The molecule has 1 atom stereocenters. The quantitative estimate of drug-likeness (QED) is 0.889. The van der Waals surface area contributed by atoms with Crippen molar-refractivity contribution in [2.75, 3.05) is 26.7 Å². The summed E-state index contributed by atoms with van der Waals surface area (Å²) in [4.78, 5) is 14.2. The van der Waals surface area contributed by atoms with Gasteiger partial charge in [0.25, 0.3) is 5.91 Å². The number of carbonyl (C=O) groups is 1. The maximum absolute atomic E-state index is 12.3. The molecule has 1 aromatic rings. The van der Waals surface area contributed by atoms with E-state index in [0.29, 0.717) is 22.4 Å². The van der Waals surface area contributed by atoms with Crippen molar-refractivity contribution in [3.05, 3.63) is 28.8 Å². The van der Waals surface area contributed by atoms with Gasteiger partial charge >= 0.3 is 0 Å². The number of halogens is 1. The van der Waals surface area contributed by atoms with E-state index in [1.165, 1.54) is 0 Å². The minimum Gasteiger partial charge on any atom is -0.495 e. The first-order valence-electron chi connectivity index (χ1n) is 5.98. The Hall–Kier alpha value is -1.26. The molecule has 1 aliphatic rings. The van der Waals surface area contributed by atoms with Gasteiger partial charge in [-0.2, -0.15) is 0 Å². The van der Waals surface area contributed by atoms with Crippen molar-refractivity contribution in [3.8, 4) is 5.75 Å². The van der Waals surface area contributed by atoms with Gasteiger partial charge in [0.05, 0.1) is 12.1 Å². The van der Waals surface area contributed by atoms with Crippen molar-refractivity contribution in [2.24, 2.45) is 0 Å². The Balaban J connectivity index is 2.17. The zero-order chi connectivity index (χ0) is 13.1. The Kier molecular flexibility index (Phi) is 4.09. The fourth-order valence-electron chi connectivity index (χ4n) is 2.09. The first-order valence-corrected chi connectivity index (χ1v) is 6.36. The molecule has 0 saturated carbocycles. The number of piperazine rings is 1. The van der Waals surface area contributed by atoms with Gasteiger partial charge in [-0.25, -0.2) is 0 Å². The molecule has 0 spiro atoms. The fourth-order valence-corrected chi connectivity index (χ4v) is 2.29. The molecule has 18 heavy (non-hydrogen) atoms. The molecule has 0 unspecified atom stereocenters. The van der Waals surface area contributed by atoms with Crippen LogP contribution in [0.25, 0.3) is 0 Å². The third-order valence-corrected chi connectivity index (χ3v) is 3.37. The highest BCUT2D eigenvalue weighted by atomic mass is 35.5. The van der Waals surface area contributed by atoms with E-state index in [4.69, 9.17) is 16.3 Å². The van der Waals surface area contributed by atoms with E-state index < -0.39 is 0 Å². The molecular weight excluding hydrogens is 252 g/mol. The van der Waals surface area contributed by atoms with Crippen LogP contribution in [0.3, 0.4) is 0 Å². The largest absolute Gasteiger partial charge is 0.495 e. The lowest BCUT2D eigenvalue weighted by molar-refractivity contribution is 0.0709. The Bertz CT molecular complexity index is 451. The molecule has 0 bridgehead atoms. The van der Waals surface area contributed by atoms with Gasteiger partial charge in [0, 0.05) is 31.2 Å². The van der Waals surface area contributed by atoms with Crippen LogP contribution >= 0.6 is 11.6 Å². The second-order valence-electron chi connectivity index (χ2n) is 4.46. The number of rotatable bonds is 2. The summed E-state index contributed by atoms with van der Waals surface area (Å²) in [6.45, 7) is 4.36. The molecule has 0 aromatic heterocycles. The van der Waals surface area contributed by atoms with Crippen LogP contribution in [0, 0.1) is 0 Å². The van der Waals surface area contributed by atoms with Crippen molar-refractivity contribution in [2.45, 2.75) is 13.0 Å². The minimum atomic E-state index is 0.0262. The molecule has 1 aliphatic heterocycles. The van der Waals surface area contributed by atoms with Crippen LogP contribution in [0.4, 0.5) is 0 Å². The Morgan fingerprint density at radius 3 is 3.00 bits per heavy atom. The van der Waals surface area contributed by atoms with Crippen LogP contribution in [0.15, 0.2) is 18.2 Å². The topological polar surface area (TPSA) is 41.6 Å². The molecule has 0 radical (unpaired) electrons. The van der Waals surface area contributed by atoms with Crippen molar-refractivity contribution in [1.82, 2.24) is 10.2 Å². The summed E-state index contributed by atoms with van der Waals surface area (Å²) < 4.78 is 5.13. The summed E-state index contributed by atoms with van der Waals surface area (Å²) in [5.41, 5.74) is 0.616. The highest BCUT2D eigenvalue weighted by molar-refractivity contribution is 6.32. The molecule has 1 N–H and O–H groups in total. The maximum atomic E-state index is 12.3. The minimum absolute atomic E-state index is 0.0262. The second kappa shape index (κ2) is 5.59. The normalized spacial score (nSPS) is 19.7. The SMILES string of the molecule is COc1cc(C(=O)N2CCN[C@H](C)C2)ccc1Cl. The number of hydrogen-bond donors (Lipinski definition) is 1. The number of hydrogen-bond acceptors (Lipinski definition) is 3. The van der Waals surface area contributed by atoms with Gasteiger partial charge in [0.2, 0.25) is 0 Å². The molecule has 1 fully saturated rings. The van der Waals surface area contributed by atoms with Crippen LogP contribution in [-0.4, -0.2) is 43.6 Å². The monoisotopic (exact) mass is 268 g/mol. The molecular formula is C13H17ClN2O2. The van der Waals surface area contributed by atoms with E-state index in [1.54, 1.807) is 25.3 Å². The average molecular weight is 269 g/mol. The van der Waals surface area contributed by atoms with E-state index in [1.807, 2.05) is 4.90 Å². The predicted molar refractivity (Wildman–Crippen MR) is 71.4 cm³/mol. The summed E-state index contributed by atoms with van der Waals surface area (Å²) >= 11 is 5.95. The zero-order valence-electron chi connectivity index (χ0n) is 10.6. The van der Waals surface area contributed by atoms with Crippen LogP contribution in [0.2, 0.25) is 5.02 Å². The smallest absolute Gasteiger partial charge is 0.254 e. The Morgan fingerprint density at radius 1 is 1.56 bits per heavy atom. The van der Waals surface area contributed by atoms with Crippen molar-refractivity contribution >= 4 is 17.5 Å². The van der Waals surface area contributed by atoms with Crippen LogP contribution in [0.1, 0.15) is 17.3 Å². The fraction of sp³-hybridized carbons (Fsp3) is 0.462. The predicted octanol–water partition coefficient (Wildman–Crippen LogP) is 1.78. The van der Waals surface area contributed by atoms with Crippen molar-refractivity contribution < 1.29 is 9.53 Å². The van der Waals surface area contributed by atoms with E-state index in [9.17, 15) is 4.79 Å². The maximum Gasteiger partial charge on any atom is 0.254 e. The summed E-state index contributed by atoms with van der Waals surface area (Å²) in [5, 5.41) is 3.83. The lowest BCUT2D eigenvalue weighted by Gasteiger charge is -2.32. The average Bonchev–Trinajstić information content (AvgIpc) is 2.38. The van der Waals surface area contributed by atoms with E-state index in [-0.39, 0.29) is 5.91 Å². The molecule has 0 aliphatic carbocycles. The third-order valence-electron chi connectivity index (χ3n) is 3.05. The van der Waals surface area contributed by atoms with Crippen molar-refractivity contribution in [3.63, 3.8) is 0 Å². The molecule has 1 saturated heterocycles. The van der Waals surface area contributed by atoms with Gasteiger partial charge in [-0.15, -0.1) is 0 Å². The molecule has 98 valence electrons. The van der Waals surface area contributed by atoms with Gasteiger partial charge in [0.1, 0.15) is 5.75 Å². The van der Waals surface area contributed by atoms with E-state index in [2.05, 4.69) is 12.2 Å². The van der Waals surface area contributed by atoms with E-state index >= 15 is 0 Å². The van der Waals surface area contributed by atoms with Crippen LogP contribution in [-0.2, 0) is 0 Å². The summed E-state index contributed by atoms with van der Waals surface area (Å²) in [6.07, 6.45) is 0. The van der Waals surface area contributed by atoms with E-state index in [0.717, 1.165) is 19.6 Å². The number of amides is 1. The highest BCUT2D eigenvalue weighted by Crippen LogP contribution is 2.25. The number of benzene rings is 1. The molecule has 5 heteroatoms. The molecule has 2 rings (SSSR count). The number of methoxy groups -OCH3 is 1. The summed E-state index contributed by atoms with van der Waals surface area (Å²) in [5.74, 6) is 0.559. The van der Waals surface area contributed by atoms with Gasteiger partial charge in [0.15, 0.2) is 0 Å². The zero-order valence-corrected chi connectivity index (χ0v) is 11.3. The number of nitrogens with one attached hydrogen (secondary N) is 1. The first kappa shape index (κ1) is 13.2. The van der Waals surface area contributed by atoms with Gasteiger partial charge in [-0.1, -0.05) is 11.6 Å². The Morgan fingerprint density at radius 2 is 2.33 bits per heavy atom. The Labute approximate surface area is 112 Å². The molecule has 1 amide bonds. The van der Waals surface area contributed by atoms with Crippen LogP contribution < -0.4 is 10.1 Å². The van der Waals surface area contributed by atoms with Gasteiger partial charge in [-0.05, 0) is 25.1 Å². The molecule has 4 nitrogen and oxygen atoms in total. The summed E-state index contributed by atoms with van der Waals surface area (Å²) in [6, 6.07) is 5.45. The van der Waals surface area contributed by atoms with Crippen molar-refractivity contribution in [1.29, 1.82) is 0 Å². The number of nitrogens with zero attached hydrogens (tertiary/aromatic N) is 1. The molecule has 1 aromatic carbocycles. The summed E-state index contributed by atoms with van der Waals surface area (Å²) in [7, 11) is 1.54. The van der Waals surface area contributed by atoms with Gasteiger partial charge in [-0.3, -0.25) is 4.79 Å². The number of ether oxygens (including phenoxy) is 1. The molecule has 1 heterocycles. The third kappa shape index (κ3) is 2.76. The highest BCUT2D eigenvalue weighted by Gasteiger charge is 2.22.